The van der Waals surface area contributed by atoms with Gasteiger partial charge in [0.25, 0.3) is 0 Å². The van der Waals surface area contributed by atoms with Crippen LogP contribution in [0, 0.1) is 5.82 Å². The van der Waals surface area contributed by atoms with Gasteiger partial charge in [0.1, 0.15) is 11.9 Å². The molecule has 0 aliphatic heterocycles. The molecule has 1 amide bonds. The van der Waals surface area contributed by atoms with E-state index in [2.05, 4.69) is 5.32 Å². The molecule has 1 fully saturated rings. The molecule has 1 saturated carbocycles. The van der Waals surface area contributed by atoms with E-state index in [0.717, 1.165) is 12.1 Å². The van der Waals surface area contributed by atoms with Crippen LogP contribution in [0.2, 0.25) is 0 Å². The molecular formula is C14H13F4NO3. The highest BCUT2D eigenvalue weighted by atomic mass is 19.4. The molecule has 2 rings (SSSR count). The number of carbonyl (C=O) groups excluding carboxylic acids is 1. The average Bonchev–Trinajstić information content (AvgIpc) is 3.18. The third-order valence-corrected chi connectivity index (χ3v) is 3.68. The Hall–Kier alpha value is -2.12. The first-order valence-electron chi connectivity index (χ1n) is 6.48. The Kier molecular flexibility index (Phi) is 3.88. The van der Waals surface area contributed by atoms with Crippen molar-refractivity contribution in [1.82, 2.24) is 5.32 Å². The number of carboxylic acid groups (broad SMARTS) is 1. The predicted octanol–water partition coefficient (Wildman–Crippen LogP) is 2.47. The SMILES string of the molecule is C[C@@H](NC(=O)C1(c2cc(F)cc(C(F)(F)F)c2)CC1)C(=O)O. The molecule has 1 aliphatic rings. The normalized spacial score (nSPS) is 17.7. The molecule has 8 heteroatoms. The molecule has 0 unspecified atom stereocenters. The minimum atomic E-state index is -4.72. The zero-order chi connectivity index (χ0) is 16.7. The fraction of sp³-hybridized carbons (Fsp3) is 0.429. The largest absolute Gasteiger partial charge is 0.480 e. The van der Waals surface area contributed by atoms with Gasteiger partial charge in [-0.05, 0) is 43.5 Å². The van der Waals surface area contributed by atoms with Crippen LogP contribution in [0.3, 0.4) is 0 Å². The fourth-order valence-electron chi connectivity index (χ4n) is 2.20. The Labute approximate surface area is 123 Å². The van der Waals surface area contributed by atoms with Gasteiger partial charge in [-0.15, -0.1) is 0 Å². The zero-order valence-corrected chi connectivity index (χ0v) is 11.5. The second-order valence-electron chi connectivity index (χ2n) is 5.34. The number of hydrogen-bond donors (Lipinski definition) is 2. The van der Waals surface area contributed by atoms with Crippen LogP contribution in [-0.2, 0) is 21.2 Å². The van der Waals surface area contributed by atoms with E-state index in [1.807, 2.05) is 0 Å². The zero-order valence-electron chi connectivity index (χ0n) is 11.5. The summed E-state index contributed by atoms with van der Waals surface area (Å²) < 4.78 is 51.6. The van der Waals surface area contributed by atoms with Gasteiger partial charge in [0.2, 0.25) is 5.91 Å². The van der Waals surface area contributed by atoms with Gasteiger partial charge in [-0.3, -0.25) is 9.59 Å². The molecule has 22 heavy (non-hydrogen) atoms. The van der Waals surface area contributed by atoms with Gasteiger partial charge in [0.05, 0.1) is 11.0 Å². The van der Waals surface area contributed by atoms with Crippen molar-refractivity contribution in [2.75, 3.05) is 0 Å². The van der Waals surface area contributed by atoms with Crippen molar-refractivity contribution in [2.45, 2.75) is 37.4 Å². The van der Waals surface area contributed by atoms with Crippen LogP contribution in [0.4, 0.5) is 17.6 Å². The van der Waals surface area contributed by atoms with Crippen molar-refractivity contribution in [2.24, 2.45) is 0 Å². The lowest BCUT2D eigenvalue weighted by atomic mass is 9.92. The van der Waals surface area contributed by atoms with E-state index >= 15 is 0 Å². The standard InChI is InChI=1S/C14H13F4NO3/c1-7(11(20)21)19-12(22)13(2-3-13)8-4-9(14(16,17)18)6-10(15)5-8/h4-7H,2-3H2,1H3,(H,19,22)(H,20,21)/t7-/m1/s1. The van der Waals surface area contributed by atoms with Crippen LogP contribution >= 0.6 is 0 Å². The van der Waals surface area contributed by atoms with Crippen molar-refractivity contribution in [3.8, 4) is 0 Å². The van der Waals surface area contributed by atoms with E-state index in [1.54, 1.807) is 0 Å². The summed E-state index contributed by atoms with van der Waals surface area (Å²) in [4.78, 5) is 22.9. The summed E-state index contributed by atoms with van der Waals surface area (Å²) in [6, 6.07) is 0.798. The first-order chi connectivity index (χ1) is 10.1. The van der Waals surface area contributed by atoms with E-state index in [0.29, 0.717) is 6.07 Å². The first kappa shape index (κ1) is 16.3. The topological polar surface area (TPSA) is 66.4 Å². The number of aliphatic carboxylic acids is 1. The monoisotopic (exact) mass is 319 g/mol. The van der Waals surface area contributed by atoms with Gasteiger partial charge in [-0.2, -0.15) is 13.2 Å². The smallest absolute Gasteiger partial charge is 0.416 e. The van der Waals surface area contributed by atoms with Crippen LogP contribution in [0.5, 0.6) is 0 Å². The molecule has 0 saturated heterocycles. The minimum Gasteiger partial charge on any atom is -0.480 e. The molecule has 120 valence electrons. The molecule has 4 nitrogen and oxygen atoms in total. The molecule has 0 aromatic heterocycles. The summed E-state index contributed by atoms with van der Waals surface area (Å²) in [6.07, 6.45) is -4.24. The summed E-state index contributed by atoms with van der Waals surface area (Å²) in [6.45, 7) is 1.24. The molecular weight excluding hydrogens is 306 g/mol. The number of rotatable bonds is 4. The number of benzene rings is 1. The van der Waals surface area contributed by atoms with Crippen molar-refractivity contribution in [1.29, 1.82) is 0 Å². The molecule has 0 radical (unpaired) electrons. The van der Waals surface area contributed by atoms with Crippen LogP contribution in [-0.4, -0.2) is 23.0 Å². The Balaban J connectivity index is 2.33. The average molecular weight is 319 g/mol. The highest BCUT2D eigenvalue weighted by Crippen LogP contribution is 2.49. The Bertz CT molecular complexity index is 623. The molecule has 1 atom stereocenters. The fourth-order valence-corrected chi connectivity index (χ4v) is 2.20. The number of hydrogen-bond acceptors (Lipinski definition) is 2. The quantitative estimate of drug-likeness (QED) is 0.838. The summed E-state index contributed by atoms with van der Waals surface area (Å²) in [5.41, 5.74) is -2.55. The van der Waals surface area contributed by atoms with Gasteiger partial charge >= 0.3 is 12.1 Å². The van der Waals surface area contributed by atoms with Gasteiger partial charge in [0, 0.05) is 0 Å². The molecule has 0 bridgehead atoms. The highest BCUT2D eigenvalue weighted by Gasteiger charge is 2.52. The molecule has 2 N–H and O–H groups in total. The molecule has 0 spiro atoms. The highest BCUT2D eigenvalue weighted by molar-refractivity contribution is 5.93. The van der Waals surface area contributed by atoms with Crippen molar-refractivity contribution in [3.05, 3.63) is 35.1 Å². The van der Waals surface area contributed by atoms with Crippen molar-refractivity contribution >= 4 is 11.9 Å². The van der Waals surface area contributed by atoms with Crippen LogP contribution in [0.1, 0.15) is 30.9 Å². The Morgan fingerprint density at radius 2 is 1.86 bits per heavy atom. The third-order valence-electron chi connectivity index (χ3n) is 3.68. The molecule has 0 heterocycles. The maximum atomic E-state index is 13.4. The van der Waals surface area contributed by atoms with Gasteiger partial charge in [-0.25, -0.2) is 4.39 Å². The summed E-state index contributed by atoms with van der Waals surface area (Å²) in [7, 11) is 0. The third kappa shape index (κ3) is 3.05. The maximum Gasteiger partial charge on any atom is 0.416 e. The van der Waals surface area contributed by atoms with E-state index in [-0.39, 0.29) is 18.4 Å². The Morgan fingerprint density at radius 1 is 1.27 bits per heavy atom. The molecule has 1 aliphatic carbocycles. The van der Waals surface area contributed by atoms with E-state index in [4.69, 9.17) is 5.11 Å². The predicted molar refractivity (Wildman–Crippen MR) is 67.6 cm³/mol. The second kappa shape index (κ2) is 5.26. The molecule has 1 aromatic rings. The lowest BCUT2D eigenvalue weighted by Crippen LogP contribution is -2.44. The van der Waals surface area contributed by atoms with E-state index in [9.17, 15) is 27.2 Å². The summed E-state index contributed by atoms with van der Waals surface area (Å²) in [5.74, 6) is -3.06. The number of alkyl halides is 3. The number of halogens is 4. The minimum absolute atomic E-state index is 0.0880. The summed E-state index contributed by atoms with van der Waals surface area (Å²) in [5, 5.41) is 11.0. The van der Waals surface area contributed by atoms with Crippen LogP contribution < -0.4 is 5.32 Å². The van der Waals surface area contributed by atoms with Gasteiger partial charge < -0.3 is 10.4 Å². The van der Waals surface area contributed by atoms with Crippen molar-refractivity contribution in [3.63, 3.8) is 0 Å². The Morgan fingerprint density at radius 3 is 2.32 bits per heavy atom. The van der Waals surface area contributed by atoms with E-state index in [1.165, 1.54) is 6.92 Å². The van der Waals surface area contributed by atoms with Gasteiger partial charge in [0.15, 0.2) is 0 Å². The first-order valence-corrected chi connectivity index (χ1v) is 6.48. The summed E-state index contributed by atoms with van der Waals surface area (Å²) >= 11 is 0. The van der Waals surface area contributed by atoms with Crippen LogP contribution in [0.25, 0.3) is 0 Å². The number of carboxylic acids is 1. The maximum absolute atomic E-state index is 13.4. The van der Waals surface area contributed by atoms with Gasteiger partial charge in [-0.1, -0.05) is 0 Å². The number of amides is 1. The second-order valence-corrected chi connectivity index (χ2v) is 5.34. The number of nitrogens with one attached hydrogen (secondary N) is 1. The lowest BCUT2D eigenvalue weighted by Gasteiger charge is -2.19. The van der Waals surface area contributed by atoms with E-state index < -0.39 is 40.9 Å². The lowest BCUT2D eigenvalue weighted by molar-refractivity contribution is -0.141. The van der Waals surface area contributed by atoms with Crippen molar-refractivity contribution < 1.29 is 32.3 Å². The number of carbonyl (C=O) groups is 2. The molecule has 1 aromatic carbocycles. The van der Waals surface area contributed by atoms with Crippen LogP contribution in [0.15, 0.2) is 18.2 Å².